The number of nitrogens with zero attached hydrogens (tertiary/aromatic N) is 1. The molecule has 0 radical (unpaired) electrons. The van der Waals surface area contributed by atoms with Gasteiger partial charge in [-0.2, -0.15) is 0 Å². The summed E-state index contributed by atoms with van der Waals surface area (Å²) in [7, 11) is 0. The molecular formula is C49H50N4O9. The number of rotatable bonds is 12. The summed E-state index contributed by atoms with van der Waals surface area (Å²) < 4.78 is 5.81. The molecule has 2 bridgehead atoms. The summed E-state index contributed by atoms with van der Waals surface area (Å²) in [6, 6.07) is 32.9. The van der Waals surface area contributed by atoms with E-state index in [1.807, 2.05) is 84.9 Å². The van der Waals surface area contributed by atoms with E-state index in [4.69, 9.17) is 4.74 Å². The molecule has 13 heteroatoms. The van der Waals surface area contributed by atoms with E-state index in [1.165, 1.54) is 0 Å². The van der Waals surface area contributed by atoms with Crippen LogP contribution in [-0.4, -0.2) is 81.8 Å². The highest BCUT2D eigenvalue weighted by Gasteiger charge is 2.33. The lowest BCUT2D eigenvalue weighted by Crippen LogP contribution is -2.54. The van der Waals surface area contributed by atoms with Gasteiger partial charge in [0, 0.05) is 43.5 Å². The Labute approximate surface area is 359 Å². The standard InChI is InChI=1S/C49H50N4O9/c54-30-44(49(60)61)53-47(58)39-25-33-13-18-41(19-14-33)62-31-40(55)28-38(26-35-21-23-50-24-22-35)46(57)52-43(27-34-11-16-37(17-12-34)36-9-5-2-6-10-36)48(59)51-42(45(56)29-39)20-15-32-7-3-1-4-8-32/h1-14,16-19,21-24,38-39,42-44,54H,15,20,25-31H2,(H,51,59)(H,52,57)(H,53,58)(H,60,61)/t38-,39-,42+,43-,44+/m1/s1. The van der Waals surface area contributed by atoms with Gasteiger partial charge in [-0.05, 0) is 83.3 Å². The third kappa shape index (κ3) is 13.0. The second kappa shape index (κ2) is 22.0. The van der Waals surface area contributed by atoms with Crippen LogP contribution in [0, 0.1) is 11.8 Å². The number of carbonyl (C=O) groups is 6. The minimum Gasteiger partial charge on any atom is -0.486 e. The number of ether oxygens (including phenoxy) is 1. The monoisotopic (exact) mass is 838 g/mol. The van der Waals surface area contributed by atoms with Gasteiger partial charge in [-0.3, -0.25) is 29.0 Å². The van der Waals surface area contributed by atoms with Crippen molar-refractivity contribution >= 4 is 35.3 Å². The molecule has 62 heavy (non-hydrogen) atoms. The molecule has 2 aliphatic heterocycles. The number of carbonyl (C=O) groups excluding carboxylic acids is 5. The predicted molar refractivity (Wildman–Crippen MR) is 231 cm³/mol. The van der Waals surface area contributed by atoms with Gasteiger partial charge >= 0.3 is 5.97 Å². The first-order valence-electron chi connectivity index (χ1n) is 20.6. The van der Waals surface area contributed by atoms with Crippen LogP contribution < -0.4 is 20.7 Å². The van der Waals surface area contributed by atoms with Crippen molar-refractivity contribution in [3.8, 4) is 16.9 Å². The Kier molecular flexibility index (Phi) is 15.8. The van der Waals surface area contributed by atoms with Crippen molar-refractivity contribution in [1.82, 2.24) is 20.9 Å². The number of nitrogens with one attached hydrogen (secondary N) is 3. The van der Waals surface area contributed by atoms with Crippen molar-refractivity contribution in [3.63, 3.8) is 0 Å². The zero-order valence-corrected chi connectivity index (χ0v) is 34.2. The molecule has 3 amide bonds. The number of Topliss-reactive ketones (excluding diaryl/α,β-unsaturated/α-hetero) is 2. The van der Waals surface area contributed by atoms with Crippen LogP contribution in [0.1, 0.15) is 41.5 Å². The molecule has 1 aromatic heterocycles. The van der Waals surface area contributed by atoms with Crippen LogP contribution in [-0.2, 0) is 54.5 Å². The SMILES string of the molecule is O=C1COc2ccc(cc2)C[C@@H](C(=O)N[C@@H](CO)C(=O)O)CC(=O)[C@H](CCc2ccccc2)NC(=O)[C@@H](Cc2ccc(-c3ccccc3)cc2)NC(=O)[C@H](Cc2ccncc2)C1. The molecule has 4 aromatic carbocycles. The molecule has 5 atom stereocenters. The molecule has 0 aliphatic carbocycles. The fourth-order valence-corrected chi connectivity index (χ4v) is 7.42. The first-order chi connectivity index (χ1) is 30.0. The van der Waals surface area contributed by atoms with Gasteiger partial charge in [0.15, 0.2) is 11.6 Å². The lowest BCUT2D eigenvalue weighted by molar-refractivity contribution is -0.143. The number of carboxylic acid groups (broad SMARTS) is 1. The normalized spacial score (nSPS) is 19.4. The van der Waals surface area contributed by atoms with Crippen molar-refractivity contribution in [1.29, 1.82) is 0 Å². The maximum Gasteiger partial charge on any atom is 0.328 e. The van der Waals surface area contributed by atoms with Crippen molar-refractivity contribution in [2.45, 2.75) is 63.1 Å². The summed E-state index contributed by atoms with van der Waals surface area (Å²) in [6.07, 6.45) is 3.37. The van der Waals surface area contributed by atoms with Crippen LogP contribution in [0.5, 0.6) is 5.75 Å². The molecule has 320 valence electrons. The molecule has 7 rings (SSSR count). The minimum atomic E-state index is -1.61. The van der Waals surface area contributed by atoms with Gasteiger partial charge in [-0.1, -0.05) is 97.1 Å². The first kappa shape index (κ1) is 44.6. The van der Waals surface area contributed by atoms with Crippen LogP contribution in [0.4, 0.5) is 0 Å². The molecule has 2 aliphatic rings. The summed E-state index contributed by atoms with van der Waals surface area (Å²) in [5, 5.41) is 27.4. The maximum absolute atomic E-state index is 14.6. The van der Waals surface area contributed by atoms with Gasteiger partial charge < -0.3 is 30.9 Å². The number of amides is 3. The number of aliphatic carboxylic acids is 1. The van der Waals surface area contributed by atoms with Crippen LogP contribution >= 0.6 is 0 Å². The van der Waals surface area contributed by atoms with Crippen molar-refractivity contribution < 1.29 is 43.7 Å². The highest BCUT2D eigenvalue weighted by molar-refractivity contribution is 5.96. The van der Waals surface area contributed by atoms with E-state index < -0.39 is 66.0 Å². The number of fused-ring (bicyclic) bond motifs is 16. The number of pyridine rings is 1. The molecular weight excluding hydrogens is 789 g/mol. The topological polar surface area (TPSA) is 201 Å². The average molecular weight is 839 g/mol. The number of aryl methyl sites for hydroxylation is 1. The predicted octanol–water partition coefficient (Wildman–Crippen LogP) is 4.48. The van der Waals surface area contributed by atoms with Crippen molar-refractivity contribution in [2.24, 2.45) is 11.8 Å². The third-order valence-corrected chi connectivity index (χ3v) is 10.9. The molecule has 0 saturated carbocycles. The quantitative estimate of drug-likeness (QED) is 0.119. The zero-order chi connectivity index (χ0) is 43.8. The number of carboxylic acids is 1. The van der Waals surface area contributed by atoms with E-state index in [-0.39, 0.29) is 50.9 Å². The Bertz CT molecular complexity index is 2290. The number of benzene rings is 4. The molecule has 0 spiro atoms. The molecule has 0 unspecified atom stereocenters. The van der Waals surface area contributed by atoms with Crippen LogP contribution in [0.2, 0.25) is 0 Å². The Morgan fingerprint density at radius 2 is 1.32 bits per heavy atom. The number of aliphatic hydroxyl groups is 1. The zero-order valence-electron chi connectivity index (χ0n) is 34.2. The molecule has 3 heterocycles. The molecule has 13 nitrogen and oxygen atoms in total. The van der Waals surface area contributed by atoms with Gasteiger partial charge in [0.2, 0.25) is 17.7 Å². The lowest BCUT2D eigenvalue weighted by Gasteiger charge is -2.26. The second-order valence-electron chi connectivity index (χ2n) is 15.5. The van der Waals surface area contributed by atoms with Crippen molar-refractivity contribution in [2.75, 3.05) is 13.2 Å². The van der Waals surface area contributed by atoms with Crippen LogP contribution in [0.15, 0.2) is 134 Å². The average Bonchev–Trinajstić information content (AvgIpc) is 3.29. The second-order valence-corrected chi connectivity index (χ2v) is 15.5. The summed E-state index contributed by atoms with van der Waals surface area (Å²) in [6.45, 7) is -1.20. The van der Waals surface area contributed by atoms with Crippen molar-refractivity contribution in [3.05, 3.63) is 156 Å². The number of ketones is 2. The van der Waals surface area contributed by atoms with E-state index in [9.17, 15) is 39.0 Å². The number of hydrogen-bond donors (Lipinski definition) is 5. The summed E-state index contributed by atoms with van der Waals surface area (Å²) >= 11 is 0. The number of hydrogen-bond acceptors (Lipinski definition) is 9. The van der Waals surface area contributed by atoms with Gasteiger partial charge in [0.1, 0.15) is 24.4 Å². The van der Waals surface area contributed by atoms with Gasteiger partial charge in [0.05, 0.1) is 12.6 Å². The molecule has 5 N–H and O–H groups in total. The Balaban J connectivity index is 1.36. The fourth-order valence-electron chi connectivity index (χ4n) is 7.42. The third-order valence-electron chi connectivity index (χ3n) is 10.9. The smallest absolute Gasteiger partial charge is 0.328 e. The largest absolute Gasteiger partial charge is 0.486 e. The van der Waals surface area contributed by atoms with Crippen LogP contribution in [0.3, 0.4) is 0 Å². The van der Waals surface area contributed by atoms with E-state index >= 15 is 0 Å². The minimum absolute atomic E-state index is 0.00223. The van der Waals surface area contributed by atoms with E-state index in [0.717, 1.165) is 27.8 Å². The first-order valence-corrected chi connectivity index (χ1v) is 20.6. The van der Waals surface area contributed by atoms with E-state index in [1.54, 1.807) is 48.8 Å². The number of aliphatic hydroxyl groups excluding tert-OH is 1. The van der Waals surface area contributed by atoms with Gasteiger partial charge in [0.25, 0.3) is 0 Å². The van der Waals surface area contributed by atoms with Crippen LogP contribution in [0.25, 0.3) is 11.1 Å². The molecule has 0 fully saturated rings. The summed E-state index contributed by atoms with van der Waals surface area (Å²) in [5.41, 5.74) is 4.96. The summed E-state index contributed by atoms with van der Waals surface area (Å²) in [4.78, 5) is 86.4. The lowest BCUT2D eigenvalue weighted by atomic mass is 9.89. The molecule has 5 aromatic rings. The maximum atomic E-state index is 14.6. The number of aromatic nitrogens is 1. The van der Waals surface area contributed by atoms with Gasteiger partial charge in [-0.15, -0.1) is 0 Å². The Morgan fingerprint density at radius 3 is 1.98 bits per heavy atom. The van der Waals surface area contributed by atoms with E-state index in [0.29, 0.717) is 17.7 Å². The Hall–Kier alpha value is -6.99. The molecule has 0 saturated heterocycles. The Morgan fingerprint density at radius 1 is 0.694 bits per heavy atom. The fraction of sp³-hybridized carbons (Fsp3) is 0.286. The highest BCUT2D eigenvalue weighted by atomic mass is 16.5. The van der Waals surface area contributed by atoms with Gasteiger partial charge in [-0.25, -0.2) is 4.79 Å². The highest BCUT2D eigenvalue weighted by Crippen LogP contribution is 2.23. The van der Waals surface area contributed by atoms with E-state index in [2.05, 4.69) is 20.9 Å². The summed E-state index contributed by atoms with van der Waals surface area (Å²) in [5.74, 6) is -5.87.